The van der Waals surface area contributed by atoms with Crippen molar-refractivity contribution in [2.45, 2.75) is 30.0 Å². The fraction of sp³-hybridized carbons (Fsp3) is 0.538. The smallest absolute Gasteiger partial charge is 0.0611 e. The second-order valence-corrected chi connectivity index (χ2v) is 5.90. The molecule has 1 aliphatic heterocycles. The van der Waals surface area contributed by atoms with Gasteiger partial charge in [0.2, 0.25) is 0 Å². The molecular formula is C13H18ClNOS. The summed E-state index contributed by atoms with van der Waals surface area (Å²) < 4.78 is 5.21. The Kier molecular flexibility index (Phi) is 5.16. The number of halogens is 1. The van der Waals surface area contributed by atoms with E-state index in [-0.39, 0.29) is 0 Å². The Morgan fingerprint density at radius 2 is 2.29 bits per heavy atom. The molecule has 17 heavy (non-hydrogen) atoms. The molecule has 1 N–H and O–H groups in total. The van der Waals surface area contributed by atoms with E-state index in [9.17, 15) is 0 Å². The van der Waals surface area contributed by atoms with Crippen molar-refractivity contribution in [3.05, 3.63) is 28.8 Å². The van der Waals surface area contributed by atoms with E-state index >= 15 is 0 Å². The molecule has 0 aliphatic carbocycles. The molecule has 1 aromatic carbocycles. The lowest BCUT2D eigenvalue weighted by Crippen LogP contribution is -2.30. The maximum Gasteiger partial charge on any atom is 0.0611 e. The van der Waals surface area contributed by atoms with Crippen LogP contribution in [-0.4, -0.2) is 25.0 Å². The number of benzene rings is 1. The fourth-order valence-corrected chi connectivity index (χ4v) is 3.14. The van der Waals surface area contributed by atoms with Crippen LogP contribution in [0.3, 0.4) is 0 Å². The Morgan fingerprint density at radius 1 is 1.47 bits per heavy atom. The minimum atomic E-state index is 0.569. The van der Waals surface area contributed by atoms with E-state index in [2.05, 4.69) is 18.3 Å². The molecule has 94 valence electrons. The van der Waals surface area contributed by atoms with Crippen LogP contribution in [0.5, 0.6) is 0 Å². The van der Waals surface area contributed by atoms with E-state index in [4.69, 9.17) is 16.3 Å². The third kappa shape index (κ3) is 3.62. The van der Waals surface area contributed by atoms with Crippen LogP contribution in [-0.2, 0) is 11.3 Å². The molecule has 1 aliphatic rings. The summed E-state index contributed by atoms with van der Waals surface area (Å²) in [6.07, 6.45) is 1.15. The number of hydrogen-bond acceptors (Lipinski definition) is 3. The molecule has 0 aromatic heterocycles. The van der Waals surface area contributed by atoms with Crippen LogP contribution in [0, 0.1) is 0 Å². The highest BCUT2D eigenvalue weighted by atomic mass is 35.5. The van der Waals surface area contributed by atoms with Gasteiger partial charge in [-0.3, -0.25) is 0 Å². The molecule has 0 unspecified atom stereocenters. The van der Waals surface area contributed by atoms with Crippen molar-refractivity contribution in [2.24, 2.45) is 0 Å². The lowest BCUT2D eigenvalue weighted by molar-refractivity contribution is 0.0455. The van der Waals surface area contributed by atoms with Gasteiger partial charge in [-0.1, -0.05) is 30.7 Å². The average molecular weight is 272 g/mol. The highest BCUT2D eigenvalue weighted by Gasteiger charge is 2.22. The molecule has 2 nitrogen and oxygen atoms in total. The average Bonchev–Trinajstić information content (AvgIpc) is 2.26. The highest BCUT2D eigenvalue weighted by molar-refractivity contribution is 8.00. The number of hydrogen-bond donors (Lipinski definition) is 1. The van der Waals surface area contributed by atoms with Gasteiger partial charge in [-0.05, 0) is 24.6 Å². The second-order valence-electron chi connectivity index (χ2n) is 4.18. The summed E-state index contributed by atoms with van der Waals surface area (Å²) in [5.74, 6) is 0. The van der Waals surface area contributed by atoms with Crippen molar-refractivity contribution in [2.75, 3.05) is 19.8 Å². The summed E-state index contributed by atoms with van der Waals surface area (Å²) in [7, 11) is 0. The molecule has 4 heteroatoms. The first-order valence-electron chi connectivity index (χ1n) is 6.03. The SMILES string of the molecule is CCCNCc1cccc(Cl)c1SC1COC1. The summed E-state index contributed by atoms with van der Waals surface area (Å²) in [6, 6.07) is 6.13. The van der Waals surface area contributed by atoms with Crippen molar-refractivity contribution in [3.8, 4) is 0 Å². The van der Waals surface area contributed by atoms with E-state index in [1.165, 1.54) is 10.5 Å². The van der Waals surface area contributed by atoms with Crippen molar-refractivity contribution in [1.29, 1.82) is 0 Å². The van der Waals surface area contributed by atoms with Crippen LogP contribution < -0.4 is 5.32 Å². The summed E-state index contributed by atoms with van der Waals surface area (Å²) >= 11 is 8.12. The Morgan fingerprint density at radius 3 is 2.94 bits per heavy atom. The van der Waals surface area contributed by atoms with Gasteiger partial charge >= 0.3 is 0 Å². The first kappa shape index (κ1) is 13.2. The molecule has 0 amide bonds. The van der Waals surface area contributed by atoms with Gasteiger partial charge in [0.15, 0.2) is 0 Å². The van der Waals surface area contributed by atoms with E-state index in [1.54, 1.807) is 0 Å². The van der Waals surface area contributed by atoms with E-state index < -0.39 is 0 Å². The molecule has 0 atom stereocenters. The number of ether oxygens (including phenoxy) is 1. The summed E-state index contributed by atoms with van der Waals surface area (Å²) in [4.78, 5) is 1.21. The largest absolute Gasteiger partial charge is 0.379 e. The van der Waals surface area contributed by atoms with Crippen molar-refractivity contribution in [3.63, 3.8) is 0 Å². The Bertz CT molecular complexity index is 368. The molecule has 0 saturated carbocycles. The minimum absolute atomic E-state index is 0.569. The molecule has 1 aromatic rings. The lowest BCUT2D eigenvalue weighted by atomic mass is 10.2. The third-order valence-corrected chi connectivity index (χ3v) is 4.43. The molecule has 0 radical (unpaired) electrons. The van der Waals surface area contributed by atoms with E-state index in [0.29, 0.717) is 5.25 Å². The van der Waals surface area contributed by atoms with Gasteiger partial charge in [0.05, 0.1) is 23.5 Å². The second kappa shape index (κ2) is 6.64. The van der Waals surface area contributed by atoms with Gasteiger partial charge in [-0.15, -0.1) is 11.8 Å². The van der Waals surface area contributed by atoms with Gasteiger partial charge in [0.1, 0.15) is 0 Å². The molecule has 2 rings (SSSR count). The Labute approximate surface area is 112 Å². The minimum Gasteiger partial charge on any atom is -0.379 e. The zero-order chi connectivity index (χ0) is 12.1. The summed E-state index contributed by atoms with van der Waals surface area (Å²) in [6.45, 7) is 5.80. The van der Waals surface area contributed by atoms with Crippen LogP contribution >= 0.6 is 23.4 Å². The van der Waals surface area contributed by atoms with Gasteiger partial charge in [-0.2, -0.15) is 0 Å². The zero-order valence-electron chi connectivity index (χ0n) is 10.0. The third-order valence-electron chi connectivity index (χ3n) is 2.68. The highest BCUT2D eigenvalue weighted by Crippen LogP contribution is 2.35. The molecule has 0 spiro atoms. The Hall–Kier alpha value is -0.220. The van der Waals surface area contributed by atoms with Crippen molar-refractivity contribution >= 4 is 23.4 Å². The topological polar surface area (TPSA) is 21.3 Å². The maximum atomic E-state index is 6.28. The number of rotatable bonds is 6. The summed E-state index contributed by atoms with van der Waals surface area (Å²) in [5.41, 5.74) is 1.29. The van der Waals surface area contributed by atoms with Gasteiger partial charge in [-0.25, -0.2) is 0 Å². The maximum absolute atomic E-state index is 6.28. The summed E-state index contributed by atoms with van der Waals surface area (Å²) in [5, 5.41) is 4.85. The predicted octanol–water partition coefficient (Wildman–Crippen LogP) is 3.33. The van der Waals surface area contributed by atoms with Crippen molar-refractivity contribution in [1.82, 2.24) is 5.32 Å². The molecule has 1 saturated heterocycles. The molecule has 1 fully saturated rings. The van der Waals surface area contributed by atoms with Gasteiger partial charge in [0, 0.05) is 11.4 Å². The first-order valence-corrected chi connectivity index (χ1v) is 7.29. The van der Waals surface area contributed by atoms with E-state index in [0.717, 1.165) is 37.7 Å². The molecular weight excluding hydrogens is 254 g/mol. The lowest BCUT2D eigenvalue weighted by Gasteiger charge is -2.26. The van der Waals surface area contributed by atoms with Crippen LogP contribution in [0.15, 0.2) is 23.1 Å². The standard InChI is InChI=1S/C13H18ClNOS/c1-2-6-15-7-10-4-3-5-12(14)13(10)17-11-8-16-9-11/h3-5,11,15H,2,6-9H2,1H3. The van der Waals surface area contributed by atoms with Crippen LogP contribution in [0.25, 0.3) is 0 Å². The molecule has 0 bridgehead atoms. The predicted molar refractivity (Wildman–Crippen MR) is 73.9 cm³/mol. The van der Waals surface area contributed by atoms with Crippen LogP contribution in [0.1, 0.15) is 18.9 Å². The number of nitrogens with one attached hydrogen (secondary N) is 1. The van der Waals surface area contributed by atoms with Gasteiger partial charge < -0.3 is 10.1 Å². The van der Waals surface area contributed by atoms with Crippen LogP contribution in [0.4, 0.5) is 0 Å². The number of thioether (sulfide) groups is 1. The monoisotopic (exact) mass is 271 g/mol. The fourth-order valence-electron chi connectivity index (χ4n) is 1.67. The van der Waals surface area contributed by atoms with Crippen LogP contribution in [0.2, 0.25) is 5.02 Å². The molecule has 1 heterocycles. The van der Waals surface area contributed by atoms with E-state index in [1.807, 2.05) is 23.9 Å². The first-order chi connectivity index (χ1) is 8.31. The quantitative estimate of drug-likeness (QED) is 0.802. The normalized spacial score (nSPS) is 15.9. The Balaban J connectivity index is 2.03. The van der Waals surface area contributed by atoms with Crippen molar-refractivity contribution < 1.29 is 4.74 Å². The zero-order valence-corrected chi connectivity index (χ0v) is 11.6. The van der Waals surface area contributed by atoms with Gasteiger partial charge in [0.25, 0.3) is 0 Å².